The van der Waals surface area contributed by atoms with Gasteiger partial charge in [-0.2, -0.15) is 5.10 Å². The zero-order valence-corrected chi connectivity index (χ0v) is 17.6. The van der Waals surface area contributed by atoms with Gasteiger partial charge in [0, 0.05) is 35.4 Å². The molecule has 0 bridgehead atoms. The second-order valence-corrected chi connectivity index (χ2v) is 8.45. The van der Waals surface area contributed by atoms with Crippen LogP contribution in [0.2, 0.25) is 5.02 Å². The lowest BCUT2D eigenvalue weighted by Crippen LogP contribution is -2.37. The monoisotopic (exact) mass is 412 g/mol. The summed E-state index contributed by atoms with van der Waals surface area (Å²) in [6.45, 7) is 7.10. The van der Waals surface area contributed by atoms with Crippen LogP contribution in [0.25, 0.3) is 0 Å². The highest BCUT2D eigenvalue weighted by molar-refractivity contribution is 6.30. The quantitative estimate of drug-likeness (QED) is 0.706. The summed E-state index contributed by atoms with van der Waals surface area (Å²) in [6.07, 6.45) is 7.84. The molecular formula is C23H29ClN4O. The van der Waals surface area contributed by atoms with Gasteiger partial charge in [0.2, 0.25) is 0 Å². The minimum atomic E-state index is 0.0983. The Labute approximate surface area is 177 Å². The molecule has 1 amide bonds. The molecular weight excluding hydrogens is 384 g/mol. The van der Waals surface area contributed by atoms with Crippen LogP contribution >= 0.6 is 11.6 Å². The Kier molecular flexibility index (Phi) is 6.36. The van der Waals surface area contributed by atoms with Crippen molar-refractivity contribution < 1.29 is 4.79 Å². The number of rotatable bonds is 7. The smallest absolute Gasteiger partial charge is 0.274 e. The average Bonchev–Trinajstić information content (AvgIpc) is 3.37. The van der Waals surface area contributed by atoms with Crippen molar-refractivity contribution in [3.05, 3.63) is 64.5 Å². The number of halogens is 1. The van der Waals surface area contributed by atoms with Gasteiger partial charge in [0.1, 0.15) is 0 Å². The Morgan fingerprint density at radius 3 is 2.93 bits per heavy atom. The summed E-state index contributed by atoms with van der Waals surface area (Å²) < 4.78 is 1.98. The second-order valence-electron chi connectivity index (χ2n) is 8.02. The van der Waals surface area contributed by atoms with Gasteiger partial charge < -0.3 is 10.2 Å². The van der Waals surface area contributed by atoms with Crippen LogP contribution in [0.1, 0.15) is 46.6 Å². The lowest BCUT2D eigenvalue weighted by molar-refractivity contribution is 0.0785. The standard InChI is InChI=1S/C23H29ClN4O/c1-2-12-28-21-9-8-19(25-11-10-17-6-5-7-18(24)15-17)16-20(21)22(26-28)23(29)27-13-3-4-14-27/h2,5-7,15,19,25H,1,3-4,8-14,16H2. The number of fused-ring (bicyclic) bond motifs is 1. The third-order valence-electron chi connectivity index (χ3n) is 5.98. The molecule has 0 spiro atoms. The van der Waals surface area contributed by atoms with Crippen molar-refractivity contribution in [1.82, 2.24) is 20.0 Å². The molecule has 1 aliphatic carbocycles. The number of hydrogen-bond acceptors (Lipinski definition) is 3. The Balaban J connectivity index is 1.45. The summed E-state index contributed by atoms with van der Waals surface area (Å²) in [4.78, 5) is 15.0. The maximum Gasteiger partial charge on any atom is 0.274 e. The molecule has 1 saturated heterocycles. The van der Waals surface area contributed by atoms with Crippen molar-refractivity contribution in [2.45, 2.75) is 51.1 Å². The fourth-order valence-electron chi connectivity index (χ4n) is 4.49. The van der Waals surface area contributed by atoms with Gasteiger partial charge in [-0.1, -0.05) is 29.8 Å². The van der Waals surface area contributed by atoms with Crippen molar-refractivity contribution in [2.75, 3.05) is 19.6 Å². The van der Waals surface area contributed by atoms with E-state index in [-0.39, 0.29) is 5.91 Å². The molecule has 1 aliphatic heterocycles. The topological polar surface area (TPSA) is 50.2 Å². The summed E-state index contributed by atoms with van der Waals surface area (Å²) in [5.74, 6) is 0.0983. The number of amides is 1. The minimum absolute atomic E-state index is 0.0983. The van der Waals surface area contributed by atoms with Crippen molar-refractivity contribution in [3.8, 4) is 0 Å². The van der Waals surface area contributed by atoms with Gasteiger partial charge in [0.05, 0.1) is 6.54 Å². The zero-order valence-electron chi connectivity index (χ0n) is 16.9. The van der Waals surface area contributed by atoms with E-state index < -0.39 is 0 Å². The fraction of sp³-hybridized carbons (Fsp3) is 0.478. The Bertz CT molecular complexity index is 885. The number of nitrogens with zero attached hydrogens (tertiary/aromatic N) is 3. The van der Waals surface area contributed by atoms with Crippen LogP contribution < -0.4 is 5.32 Å². The predicted octanol–water partition coefficient (Wildman–Crippen LogP) is 3.65. The number of aromatic nitrogens is 2. The van der Waals surface area contributed by atoms with Crippen LogP contribution in [0, 0.1) is 0 Å². The average molecular weight is 413 g/mol. The van der Waals surface area contributed by atoms with E-state index in [1.807, 2.05) is 33.9 Å². The molecule has 0 radical (unpaired) electrons. The SMILES string of the molecule is C=CCn1nc(C(=O)N2CCCC2)c2c1CCC(NCCc1cccc(Cl)c1)C2. The van der Waals surface area contributed by atoms with E-state index in [0.29, 0.717) is 18.3 Å². The van der Waals surface area contributed by atoms with Crippen LogP contribution in [0.5, 0.6) is 0 Å². The van der Waals surface area contributed by atoms with Gasteiger partial charge in [-0.15, -0.1) is 6.58 Å². The van der Waals surface area contributed by atoms with Gasteiger partial charge in [0.15, 0.2) is 5.69 Å². The van der Waals surface area contributed by atoms with E-state index in [9.17, 15) is 4.79 Å². The molecule has 1 fully saturated rings. The molecule has 1 unspecified atom stereocenters. The highest BCUT2D eigenvalue weighted by Gasteiger charge is 2.31. The number of allylic oxidation sites excluding steroid dienone is 1. The number of nitrogens with one attached hydrogen (secondary N) is 1. The maximum absolute atomic E-state index is 13.1. The molecule has 2 heterocycles. The molecule has 1 N–H and O–H groups in total. The van der Waals surface area contributed by atoms with Crippen molar-refractivity contribution >= 4 is 17.5 Å². The largest absolute Gasteiger partial charge is 0.337 e. The van der Waals surface area contributed by atoms with Crippen LogP contribution in [0.4, 0.5) is 0 Å². The maximum atomic E-state index is 13.1. The third-order valence-corrected chi connectivity index (χ3v) is 6.22. The first-order valence-corrected chi connectivity index (χ1v) is 11.0. The number of benzene rings is 1. The Morgan fingerprint density at radius 1 is 1.34 bits per heavy atom. The van der Waals surface area contributed by atoms with Gasteiger partial charge in [-0.3, -0.25) is 9.48 Å². The zero-order chi connectivity index (χ0) is 20.2. The van der Waals surface area contributed by atoms with Gasteiger partial charge >= 0.3 is 0 Å². The molecule has 154 valence electrons. The summed E-state index contributed by atoms with van der Waals surface area (Å²) in [7, 11) is 0. The van der Waals surface area contributed by atoms with Crippen LogP contribution in [0.3, 0.4) is 0 Å². The normalized spacial score (nSPS) is 18.7. The Hall–Kier alpha value is -2.11. The van der Waals surface area contributed by atoms with E-state index in [1.54, 1.807) is 0 Å². The molecule has 1 aromatic heterocycles. The fourth-order valence-corrected chi connectivity index (χ4v) is 4.70. The van der Waals surface area contributed by atoms with E-state index in [1.165, 1.54) is 11.3 Å². The van der Waals surface area contributed by atoms with Gasteiger partial charge in [0.25, 0.3) is 5.91 Å². The van der Waals surface area contributed by atoms with Crippen molar-refractivity contribution in [2.24, 2.45) is 0 Å². The van der Waals surface area contributed by atoms with E-state index in [2.05, 4.69) is 18.0 Å². The first kappa shape index (κ1) is 20.2. The molecule has 1 atom stereocenters. The molecule has 6 heteroatoms. The van der Waals surface area contributed by atoms with Crippen molar-refractivity contribution in [3.63, 3.8) is 0 Å². The second kappa shape index (κ2) is 9.14. The number of likely N-dealkylation sites (tertiary alicyclic amines) is 1. The molecule has 5 nitrogen and oxygen atoms in total. The lowest BCUT2D eigenvalue weighted by atomic mass is 9.91. The summed E-state index contributed by atoms with van der Waals surface area (Å²) in [5.41, 5.74) is 4.24. The summed E-state index contributed by atoms with van der Waals surface area (Å²) >= 11 is 6.08. The first-order chi connectivity index (χ1) is 14.2. The van der Waals surface area contributed by atoms with Crippen LogP contribution in [-0.2, 0) is 25.8 Å². The van der Waals surface area contributed by atoms with E-state index in [0.717, 1.165) is 68.7 Å². The molecule has 2 aliphatic rings. The van der Waals surface area contributed by atoms with Crippen LogP contribution in [-0.4, -0.2) is 46.3 Å². The van der Waals surface area contributed by atoms with Crippen LogP contribution in [0.15, 0.2) is 36.9 Å². The van der Waals surface area contributed by atoms with E-state index >= 15 is 0 Å². The molecule has 29 heavy (non-hydrogen) atoms. The number of hydrogen-bond donors (Lipinski definition) is 1. The Morgan fingerprint density at radius 2 is 2.17 bits per heavy atom. The van der Waals surface area contributed by atoms with Gasteiger partial charge in [-0.25, -0.2) is 0 Å². The summed E-state index contributed by atoms with van der Waals surface area (Å²) in [6, 6.07) is 8.40. The highest BCUT2D eigenvalue weighted by Crippen LogP contribution is 2.27. The number of carbonyl (C=O) groups excluding carboxylic acids is 1. The minimum Gasteiger partial charge on any atom is -0.337 e. The molecule has 1 aromatic carbocycles. The third kappa shape index (κ3) is 4.57. The molecule has 2 aromatic rings. The van der Waals surface area contributed by atoms with Crippen molar-refractivity contribution in [1.29, 1.82) is 0 Å². The van der Waals surface area contributed by atoms with Gasteiger partial charge in [-0.05, 0) is 62.8 Å². The summed E-state index contributed by atoms with van der Waals surface area (Å²) in [5, 5.41) is 9.17. The lowest BCUT2D eigenvalue weighted by Gasteiger charge is -2.25. The number of carbonyl (C=O) groups is 1. The molecule has 0 saturated carbocycles. The molecule has 4 rings (SSSR count). The first-order valence-electron chi connectivity index (χ1n) is 10.6. The highest BCUT2D eigenvalue weighted by atomic mass is 35.5. The predicted molar refractivity (Wildman–Crippen MR) is 117 cm³/mol. The van der Waals surface area contributed by atoms with E-state index in [4.69, 9.17) is 16.7 Å².